The quantitative estimate of drug-likeness (QED) is 0.636. The highest BCUT2D eigenvalue weighted by Crippen LogP contribution is 2.17. The van der Waals surface area contributed by atoms with Crippen LogP contribution in [0.5, 0.6) is 0 Å². The number of fused-ring (bicyclic) bond motifs is 1. The van der Waals surface area contributed by atoms with Gasteiger partial charge in [-0.15, -0.1) is 0 Å². The molecule has 1 N–H and O–H groups in total. The Morgan fingerprint density at radius 1 is 1.06 bits per heavy atom. The van der Waals surface area contributed by atoms with E-state index in [-0.39, 0.29) is 0 Å². The Morgan fingerprint density at radius 2 is 1.88 bits per heavy atom. The fourth-order valence-corrected chi connectivity index (χ4v) is 1.81. The zero-order valence-corrected chi connectivity index (χ0v) is 9.22. The van der Waals surface area contributed by atoms with E-state index in [1.165, 1.54) is 5.39 Å². The highest BCUT2D eigenvalue weighted by atomic mass is 14.7. The molecule has 2 aromatic carbocycles. The Hall–Kier alpha value is -2.35. The summed E-state index contributed by atoms with van der Waals surface area (Å²) in [5, 5.41) is 1.19. The number of hydrogen-bond donors (Lipinski definition) is 1. The molecule has 3 rings (SSSR count). The summed E-state index contributed by atoms with van der Waals surface area (Å²) in [6, 6.07) is 18.8. The van der Waals surface area contributed by atoms with Crippen LogP contribution in [0.4, 0.5) is 5.69 Å². The van der Waals surface area contributed by atoms with Gasteiger partial charge in [0, 0.05) is 28.9 Å². The standard InChI is InChI=1S/C15H11N2/c1-2-6-13(7-3-1)16-10-12-11-17-15-9-5-4-8-14(12)15/h2-11,17H/b16-10+. The second kappa shape index (κ2) is 4.26. The first-order valence-electron chi connectivity index (χ1n) is 5.50. The first-order chi connectivity index (χ1) is 8.43. The van der Waals surface area contributed by atoms with Crippen LogP contribution >= 0.6 is 0 Å². The molecule has 0 unspecified atom stereocenters. The molecule has 1 heterocycles. The van der Waals surface area contributed by atoms with Gasteiger partial charge in [0.2, 0.25) is 0 Å². The number of aliphatic imine (C=N–C) groups is 1. The van der Waals surface area contributed by atoms with Crippen molar-refractivity contribution in [2.45, 2.75) is 0 Å². The minimum absolute atomic E-state index is 0.939. The van der Waals surface area contributed by atoms with Gasteiger partial charge in [-0.1, -0.05) is 30.3 Å². The number of H-pyrrole nitrogens is 1. The Labute approximate surface area is 99.6 Å². The lowest BCUT2D eigenvalue weighted by molar-refractivity contribution is 1.47. The van der Waals surface area contributed by atoms with Crippen LogP contribution in [-0.2, 0) is 0 Å². The van der Waals surface area contributed by atoms with Crippen molar-refractivity contribution in [3.63, 3.8) is 0 Å². The van der Waals surface area contributed by atoms with Crippen molar-refractivity contribution in [1.29, 1.82) is 0 Å². The second-order valence-corrected chi connectivity index (χ2v) is 3.81. The molecule has 0 bridgehead atoms. The molecule has 0 aliphatic carbocycles. The van der Waals surface area contributed by atoms with Crippen LogP contribution in [0.3, 0.4) is 0 Å². The van der Waals surface area contributed by atoms with Gasteiger partial charge in [-0.2, -0.15) is 0 Å². The minimum Gasteiger partial charge on any atom is -0.361 e. The van der Waals surface area contributed by atoms with Crippen LogP contribution in [0.15, 0.2) is 59.7 Å². The van der Waals surface area contributed by atoms with Gasteiger partial charge in [0.1, 0.15) is 0 Å². The summed E-state index contributed by atoms with van der Waals surface area (Å²) >= 11 is 0. The molecule has 1 aromatic heterocycles. The van der Waals surface area contributed by atoms with Crippen LogP contribution in [0.1, 0.15) is 5.56 Å². The first-order valence-corrected chi connectivity index (χ1v) is 5.50. The van der Waals surface area contributed by atoms with Crippen molar-refractivity contribution in [3.05, 3.63) is 66.4 Å². The van der Waals surface area contributed by atoms with E-state index in [1.54, 1.807) is 0 Å². The number of benzene rings is 2. The number of rotatable bonds is 2. The summed E-state index contributed by atoms with van der Waals surface area (Å²) in [5.74, 6) is 0. The molecule has 2 heteroatoms. The van der Waals surface area contributed by atoms with E-state index in [2.05, 4.69) is 28.2 Å². The van der Waals surface area contributed by atoms with Crippen LogP contribution in [0.2, 0.25) is 0 Å². The molecule has 0 saturated heterocycles. The highest BCUT2D eigenvalue weighted by molar-refractivity contribution is 5.99. The average molecular weight is 219 g/mol. The van der Waals surface area contributed by atoms with Gasteiger partial charge in [-0.05, 0) is 24.3 Å². The lowest BCUT2D eigenvalue weighted by Crippen LogP contribution is -1.76. The normalized spacial score (nSPS) is 11.3. The third-order valence-corrected chi connectivity index (χ3v) is 2.67. The summed E-state index contributed by atoms with van der Waals surface area (Å²) in [7, 11) is 0. The van der Waals surface area contributed by atoms with E-state index in [0.717, 1.165) is 16.8 Å². The maximum Gasteiger partial charge on any atom is 0.0630 e. The van der Waals surface area contributed by atoms with Gasteiger partial charge in [0.05, 0.1) is 5.69 Å². The number of aromatic nitrogens is 1. The molecule has 0 aliphatic heterocycles. The molecule has 1 radical (unpaired) electrons. The first kappa shape index (κ1) is 9.85. The number of nitrogens with zero attached hydrogens (tertiary/aromatic N) is 1. The Morgan fingerprint density at radius 3 is 2.76 bits per heavy atom. The van der Waals surface area contributed by atoms with Gasteiger partial charge in [0.15, 0.2) is 0 Å². The van der Waals surface area contributed by atoms with Crippen molar-refractivity contribution in [2.75, 3.05) is 0 Å². The molecule has 2 nitrogen and oxygen atoms in total. The zero-order valence-electron chi connectivity index (χ0n) is 9.22. The Balaban J connectivity index is 1.98. The lowest BCUT2D eigenvalue weighted by Gasteiger charge is -1.92. The topological polar surface area (TPSA) is 28.1 Å². The van der Waals surface area contributed by atoms with E-state index < -0.39 is 0 Å². The van der Waals surface area contributed by atoms with Crippen molar-refractivity contribution in [1.82, 2.24) is 4.98 Å². The molecule has 17 heavy (non-hydrogen) atoms. The van der Waals surface area contributed by atoms with E-state index in [9.17, 15) is 0 Å². The Bertz CT molecular complexity index is 651. The van der Waals surface area contributed by atoms with E-state index in [0.29, 0.717) is 0 Å². The minimum atomic E-state index is 0.939. The molecule has 0 amide bonds. The molecular formula is C15H11N2. The molecule has 0 aliphatic rings. The average Bonchev–Trinajstić information content (AvgIpc) is 2.81. The third kappa shape index (κ3) is 1.97. The molecule has 3 aromatic rings. The fraction of sp³-hybridized carbons (Fsp3) is 0. The highest BCUT2D eigenvalue weighted by Gasteiger charge is 1.98. The number of aromatic amines is 1. The predicted molar refractivity (Wildman–Crippen MR) is 70.8 cm³/mol. The van der Waals surface area contributed by atoms with Gasteiger partial charge in [0.25, 0.3) is 0 Å². The number of hydrogen-bond acceptors (Lipinski definition) is 1. The van der Waals surface area contributed by atoms with Crippen LogP contribution in [0.25, 0.3) is 10.9 Å². The summed E-state index contributed by atoms with van der Waals surface area (Å²) in [6.45, 7) is 0. The largest absolute Gasteiger partial charge is 0.361 e. The molecular weight excluding hydrogens is 208 g/mol. The third-order valence-electron chi connectivity index (χ3n) is 2.67. The smallest absolute Gasteiger partial charge is 0.0630 e. The van der Waals surface area contributed by atoms with Crippen molar-refractivity contribution < 1.29 is 0 Å². The summed E-state index contributed by atoms with van der Waals surface area (Å²) in [5.41, 5.74) is 3.18. The molecule has 0 atom stereocenters. The van der Waals surface area contributed by atoms with Gasteiger partial charge in [-0.25, -0.2) is 0 Å². The maximum absolute atomic E-state index is 4.43. The van der Waals surface area contributed by atoms with Crippen molar-refractivity contribution in [2.24, 2.45) is 4.99 Å². The molecule has 0 saturated carbocycles. The summed E-state index contributed by atoms with van der Waals surface area (Å²) < 4.78 is 0. The lowest BCUT2D eigenvalue weighted by atomic mass is 10.2. The van der Waals surface area contributed by atoms with Gasteiger partial charge < -0.3 is 4.98 Å². The Kier molecular flexibility index (Phi) is 2.47. The molecule has 81 valence electrons. The van der Waals surface area contributed by atoms with Crippen LogP contribution in [-0.4, -0.2) is 11.2 Å². The van der Waals surface area contributed by atoms with Crippen LogP contribution < -0.4 is 0 Å². The summed E-state index contributed by atoms with van der Waals surface area (Å²) in [6.07, 6.45) is 3.86. The fourth-order valence-electron chi connectivity index (χ4n) is 1.81. The zero-order chi connectivity index (χ0) is 11.5. The molecule has 0 fully saturated rings. The number of para-hydroxylation sites is 1. The monoisotopic (exact) mass is 219 g/mol. The second-order valence-electron chi connectivity index (χ2n) is 3.81. The molecule has 0 spiro atoms. The van der Waals surface area contributed by atoms with E-state index >= 15 is 0 Å². The maximum atomic E-state index is 4.43. The number of nitrogens with one attached hydrogen (secondary N) is 1. The van der Waals surface area contributed by atoms with Gasteiger partial charge >= 0.3 is 0 Å². The van der Waals surface area contributed by atoms with E-state index in [1.807, 2.05) is 48.8 Å². The summed E-state index contributed by atoms with van der Waals surface area (Å²) in [4.78, 5) is 7.66. The van der Waals surface area contributed by atoms with Crippen molar-refractivity contribution >= 4 is 22.8 Å². The van der Waals surface area contributed by atoms with Crippen LogP contribution in [0, 0.1) is 6.07 Å². The predicted octanol–water partition coefficient (Wildman–Crippen LogP) is 3.72. The SMILES string of the molecule is [c]1ccc(/N=C/c2c[nH]c3ccccc23)cc1. The van der Waals surface area contributed by atoms with Gasteiger partial charge in [-0.3, -0.25) is 4.99 Å². The van der Waals surface area contributed by atoms with E-state index in [4.69, 9.17) is 0 Å². The van der Waals surface area contributed by atoms with Crippen molar-refractivity contribution in [3.8, 4) is 0 Å².